The Bertz CT molecular complexity index is 829. The number of oxazole rings is 1. The molecule has 0 saturated carbocycles. The second-order valence-electron chi connectivity index (χ2n) is 4.43. The summed E-state index contributed by atoms with van der Waals surface area (Å²) >= 11 is 11.9. The van der Waals surface area contributed by atoms with Crippen molar-refractivity contribution in [3.63, 3.8) is 0 Å². The molecule has 0 atom stereocenters. The van der Waals surface area contributed by atoms with Gasteiger partial charge in [-0.1, -0.05) is 41.4 Å². The largest absolute Gasteiger partial charge is 0.479 e. The van der Waals surface area contributed by atoms with Crippen LogP contribution >= 0.6 is 23.2 Å². The summed E-state index contributed by atoms with van der Waals surface area (Å²) in [7, 11) is 0. The first-order chi connectivity index (χ1) is 10.6. The molecule has 0 unspecified atom stereocenters. The zero-order valence-corrected chi connectivity index (χ0v) is 12.7. The summed E-state index contributed by atoms with van der Waals surface area (Å²) in [6.07, 6.45) is 1.39. The Hall–Kier alpha value is -2.30. The fourth-order valence-electron chi connectivity index (χ4n) is 1.83. The van der Waals surface area contributed by atoms with Gasteiger partial charge in [0.2, 0.25) is 5.89 Å². The maximum absolute atomic E-state index is 9.81. The molecule has 0 aliphatic rings. The van der Waals surface area contributed by atoms with E-state index < -0.39 is 0 Å². The molecule has 0 amide bonds. The first-order valence-corrected chi connectivity index (χ1v) is 7.13. The highest BCUT2D eigenvalue weighted by Gasteiger charge is 2.12. The molecule has 0 aliphatic carbocycles. The molecule has 0 aliphatic heterocycles. The Morgan fingerprint density at radius 3 is 2.59 bits per heavy atom. The van der Waals surface area contributed by atoms with Crippen LogP contribution in [0.1, 0.15) is 5.69 Å². The van der Waals surface area contributed by atoms with Gasteiger partial charge in [-0.15, -0.1) is 0 Å². The number of hydrogen-bond acceptors (Lipinski definition) is 4. The smallest absolute Gasteiger partial charge is 0.312 e. The minimum Gasteiger partial charge on any atom is -0.479 e. The molecule has 3 rings (SSSR count). The van der Waals surface area contributed by atoms with Crippen molar-refractivity contribution in [2.24, 2.45) is 4.99 Å². The van der Waals surface area contributed by atoms with Crippen molar-refractivity contribution in [3.8, 4) is 17.4 Å². The van der Waals surface area contributed by atoms with Gasteiger partial charge in [0.05, 0.1) is 16.9 Å². The van der Waals surface area contributed by atoms with Crippen LogP contribution in [0.5, 0.6) is 5.95 Å². The molecule has 1 N–H and O–H groups in total. The van der Waals surface area contributed by atoms with Crippen LogP contribution in [0.4, 0.5) is 5.69 Å². The molecular weight excluding hydrogens is 323 g/mol. The molecule has 0 radical (unpaired) electrons. The standard InChI is InChI=1S/C16H10Cl2N2O2/c17-11-6-7-13(12(18)8-11)19-9-14-16(21)22-15(20-14)10-4-2-1-3-5-10/h1-9,21H. The molecule has 1 heterocycles. The lowest BCUT2D eigenvalue weighted by atomic mass is 10.2. The predicted octanol–water partition coefficient (Wildman–Crippen LogP) is 5.10. The Labute approximate surface area is 136 Å². The fraction of sp³-hybridized carbons (Fsp3) is 0. The molecule has 0 fully saturated rings. The molecule has 110 valence electrons. The van der Waals surface area contributed by atoms with Crippen LogP contribution in [-0.4, -0.2) is 16.3 Å². The summed E-state index contributed by atoms with van der Waals surface area (Å²) in [4.78, 5) is 8.39. The van der Waals surface area contributed by atoms with Crippen LogP contribution in [0.2, 0.25) is 10.0 Å². The first kappa shape index (κ1) is 14.6. The van der Waals surface area contributed by atoms with Gasteiger partial charge in [-0.2, -0.15) is 0 Å². The van der Waals surface area contributed by atoms with E-state index in [9.17, 15) is 5.11 Å². The van der Waals surface area contributed by atoms with E-state index in [1.165, 1.54) is 6.21 Å². The Morgan fingerprint density at radius 1 is 1.09 bits per heavy atom. The first-order valence-electron chi connectivity index (χ1n) is 6.38. The zero-order valence-electron chi connectivity index (χ0n) is 11.2. The summed E-state index contributed by atoms with van der Waals surface area (Å²) in [5.74, 6) is 0.0226. The summed E-state index contributed by atoms with van der Waals surface area (Å²) in [5, 5.41) is 10.7. The molecule has 3 aromatic rings. The van der Waals surface area contributed by atoms with Crippen molar-refractivity contribution in [1.82, 2.24) is 4.98 Å². The van der Waals surface area contributed by atoms with E-state index in [1.807, 2.05) is 30.3 Å². The average Bonchev–Trinajstić information content (AvgIpc) is 2.88. The van der Waals surface area contributed by atoms with Gasteiger partial charge in [-0.3, -0.25) is 4.99 Å². The van der Waals surface area contributed by atoms with Gasteiger partial charge in [0.25, 0.3) is 0 Å². The number of nitrogens with zero attached hydrogens (tertiary/aromatic N) is 2. The van der Waals surface area contributed by atoms with Crippen molar-refractivity contribution in [2.45, 2.75) is 0 Å². The number of aliphatic imine (C=N–C) groups is 1. The van der Waals surface area contributed by atoms with Gasteiger partial charge in [-0.25, -0.2) is 4.98 Å². The molecule has 22 heavy (non-hydrogen) atoms. The third-order valence-corrected chi connectivity index (χ3v) is 3.43. The maximum atomic E-state index is 9.81. The van der Waals surface area contributed by atoms with Crippen molar-refractivity contribution in [3.05, 3.63) is 64.3 Å². The van der Waals surface area contributed by atoms with Crippen LogP contribution in [0.15, 0.2) is 57.9 Å². The van der Waals surface area contributed by atoms with Crippen LogP contribution in [0.3, 0.4) is 0 Å². The van der Waals surface area contributed by atoms with E-state index in [0.717, 1.165) is 5.56 Å². The quantitative estimate of drug-likeness (QED) is 0.678. The van der Waals surface area contributed by atoms with E-state index >= 15 is 0 Å². The molecule has 6 heteroatoms. The Kier molecular flexibility index (Phi) is 4.13. The number of aromatic hydroxyl groups is 1. The minimum atomic E-state index is -0.298. The normalized spacial score (nSPS) is 11.2. The number of halogens is 2. The Morgan fingerprint density at radius 2 is 1.86 bits per heavy atom. The predicted molar refractivity (Wildman–Crippen MR) is 87.3 cm³/mol. The van der Waals surface area contributed by atoms with Crippen molar-refractivity contribution in [1.29, 1.82) is 0 Å². The van der Waals surface area contributed by atoms with Crippen LogP contribution in [-0.2, 0) is 0 Å². The lowest BCUT2D eigenvalue weighted by Crippen LogP contribution is -1.83. The van der Waals surface area contributed by atoms with E-state index in [2.05, 4.69) is 9.98 Å². The average molecular weight is 333 g/mol. The van der Waals surface area contributed by atoms with E-state index in [-0.39, 0.29) is 11.6 Å². The molecular formula is C16H10Cl2N2O2. The van der Waals surface area contributed by atoms with Crippen molar-refractivity contribution >= 4 is 35.1 Å². The number of hydrogen-bond donors (Lipinski definition) is 1. The summed E-state index contributed by atoms with van der Waals surface area (Å²) in [6.45, 7) is 0. The zero-order chi connectivity index (χ0) is 15.5. The fourth-order valence-corrected chi connectivity index (χ4v) is 2.29. The van der Waals surface area contributed by atoms with Gasteiger partial charge in [0.1, 0.15) is 0 Å². The third-order valence-electron chi connectivity index (χ3n) is 2.89. The monoisotopic (exact) mass is 332 g/mol. The molecule has 2 aromatic carbocycles. The van der Waals surface area contributed by atoms with Gasteiger partial charge in [0, 0.05) is 10.6 Å². The molecule has 1 aromatic heterocycles. The summed E-state index contributed by atoms with van der Waals surface area (Å²) < 4.78 is 5.24. The topological polar surface area (TPSA) is 58.6 Å². The molecule has 0 saturated heterocycles. The number of aromatic nitrogens is 1. The van der Waals surface area contributed by atoms with Crippen molar-refractivity contribution in [2.75, 3.05) is 0 Å². The SMILES string of the molecule is Oc1oc(-c2ccccc2)nc1C=Nc1ccc(Cl)cc1Cl. The highest BCUT2D eigenvalue weighted by atomic mass is 35.5. The van der Waals surface area contributed by atoms with Crippen LogP contribution in [0.25, 0.3) is 11.5 Å². The number of rotatable bonds is 3. The van der Waals surface area contributed by atoms with Gasteiger partial charge >= 0.3 is 5.95 Å². The summed E-state index contributed by atoms with van der Waals surface area (Å²) in [6, 6.07) is 14.2. The third kappa shape index (κ3) is 3.13. The van der Waals surface area contributed by atoms with E-state index in [1.54, 1.807) is 18.2 Å². The minimum absolute atomic E-state index is 0.227. The van der Waals surface area contributed by atoms with E-state index in [0.29, 0.717) is 21.6 Å². The summed E-state index contributed by atoms with van der Waals surface area (Å²) in [5.41, 5.74) is 1.52. The lowest BCUT2D eigenvalue weighted by molar-refractivity contribution is 0.337. The van der Waals surface area contributed by atoms with E-state index in [4.69, 9.17) is 27.6 Å². The highest BCUT2D eigenvalue weighted by molar-refractivity contribution is 6.36. The van der Waals surface area contributed by atoms with Crippen molar-refractivity contribution < 1.29 is 9.52 Å². The second-order valence-corrected chi connectivity index (χ2v) is 5.27. The van der Waals surface area contributed by atoms with Crippen LogP contribution in [0, 0.1) is 0 Å². The van der Waals surface area contributed by atoms with Gasteiger partial charge in [0.15, 0.2) is 5.69 Å². The molecule has 0 bridgehead atoms. The highest BCUT2D eigenvalue weighted by Crippen LogP contribution is 2.29. The Balaban J connectivity index is 1.90. The van der Waals surface area contributed by atoms with Crippen LogP contribution < -0.4 is 0 Å². The maximum Gasteiger partial charge on any atom is 0.312 e. The number of benzene rings is 2. The van der Waals surface area contributed by atoms with Gasteiger partial charge < -0.3 is 9.52 Å². The lowest BCUT2D eigenvalue weighted by Gasteiger charge is -1.97. The van der Waals surface area contributed by atoms with Gasteiger partial charge in [-0.05, 0) is 30.3 Å². The molecule has 4 nitrogen and oxygen atoms in total. The second kappa shape index (κ2) is 6.22. The molecule has 0 spiro atoms.